The lowest BCUT2D eigenvalue weighted by Crippen LogP contribution is -2.08. The molecule has 0 aromatic heterocycles. The molecule has 0 atom stereocenters. The Hall–Kier alpha value is -2.40. The number of hydrogen-bond donors (Lipinski definition) is 0. The van der Waals surface area contributed by atoms with Crippen LogP contribution >= 0.6 is 15.9 Å². The van der Waals surface area contributed by atoms with Crippen LogP contribution in [0.1, 0.15) is 18.1 Å². The summed E-state index contributed by atoms with van der Waals surface area (Å²) in [5.41, 5.74) is 1.15. The van der Waals surface area contributed by atoms with Crippen LogP contribution in [0.3, 0.4) is 0 Å². The van der Waals surface area contributed by atoms with Gasteiger partial charge in [-0.1, -0.05) is 46.3 Å². The number of halogens is 2. The van der Waals surface area contributed by atoms with E-state index in [9.17, 15) is 9.18 Å². The lowest BCUT2D eigenvalue weighted by molar-refractivity contribution is -0.136. The van der Waals surface area contributed by atoms with Gasteiger partial charge in [0, 0.05) is 4.47 Å². The summed E-state index contributed by atoms with van der Waals surface area (Å²) in [6, 6.07) is 14.0. The standard InChI is InChI=1S/C20H18BrFO3/c1-3-25-20(23)19(15-7-9-16(21)10-8-15)18(22)13-6-14-4-11-17(24-2)12-5-14/h4-13H,3H2,1-2H3/b13-6+,19-18+. The summed E-state index contributed by atoms with van der Waals surface area (Å²) in [4.78, 5) is 12.2. The first-order chi connectivity index (χ1) is 12.0. The van der Waals surface area contributed by atoms with Crippen LogP contribution < -0.4 is 4.74 Å². The zero-order chi connectivity index (χ0) is 18.2. The van der Waals surface area contributed by atoms with Crippen LogP contribution in [0.2, 0.25) is 0 Å². The number of hydrogen-bond acceptors (Lipinski definition) is 3. The highest BCUT2D eigenvalue weighted by Crippen LogP contribution is 2.25. The van der Waals surface area contributed by atoms with E-state index in [-0.39, 0.29) is 12.2 Å². The molecule has 0 aliphatic heterocycles. The van der Waals surface area contributed by atoms with Gasteiger partial charge in [0.2, 0.25) is 0 Å². The van der Waals surface area contributed by atoms with Gasteiger partial charge < -0.3 is 9.47 Å². The Morgan fingerprint density at radius 1 is 1.12 bits per heavy atom. The van der Waals surface area contributed by atoms with E-state index in [4.69, 9.17) is 9.47 Å². The van der Waals surface area contributed by atoms with Gasteiger partial charge in [-0.3, -0.25) is 0 Å². The number of benzene rings is 2. The van der Waals surface area contributed by atoms with Gasteiger partial charge in [-0.2, -0.15) is 0 Å². The van der Waals surface area contributed by atoms with E-state index < -0.39 is 11.8 Å². The number of methoxy groups -OCH3 is 1. The van der Waals surface area contributed by atoms with Crippen molar-refractivity contribution in [2.24, 2.45) is 0 Å². The van der Waals surface area contributed by atoms with Crippen molar-refractivity contribution in [3.63, 3.8) is 0 Å². The number of allylic oxidation sites excluding steroid dienone is 2. The summed E-state index contributed by atoms with van der Waals surface area (Å²) in [6.07, 6.45) is 2.85. The van der Waals surface area contributed by atoms with Crippen molar-refractivity contribution in [1.29, 1.82) is 0 Å². The van der Waals surface area contributed by atoms with Gasteiger partial charge in [0.15, 0.2) is 0 Å². The molecule has 0 amide bonds. The van der Waals surface area contributed by atoms with Gasteiger partial charge in [-0.05, 0) is 48.4 Å². The number of carbonyl (C=O) groups excluding carboxylic acids is 1. The SMILES string of the molecule is CCOC(=O)/C(=C(F)\C=C\c1ccc(OC)cc1)c1ccc(Br)cc1. The second-order valence-electron chi connectivity index (χ2n) is 5.06. The van der Waals surface area contributed by atoms with Crippen LogP contribution in [-0.4, -0.2) is 19.7 Å². The number of rotatable bonds is 6. The van der Waals surface area contributed by atoms with Crippen LogP contribution in [0.5, 0.6) is 5.75 Å². The third kappa shape index (κ3) is 5.29. The first-order valence-electron chi connectivity index (χ1n) is 7.70. The Kier molecular flexibility index (Phi) is 6.95. The smallest absolute Gasteiger partial charge is 0.341 e. The van der Waals surface area contributed by atoms with Gasteiger partial charge in [-0.25, -0.2) is 9.18 Å². The molecule has 2 rings (SSSR count). The second-order valence-corrected chi connectivity index (χ2v) is 5.97. The zero-order valence-corrected chi connectivity index (χ0v) is 15.5. The lowest BCUT2D eigenvalue weighted by Gasteiger charge is -2.08. The number of ether oxygens (including phenoxy) is 2. The molecular formula is C20H18BrFO3. The first kappa shape index (κ1) is 18.9. The van der Waals surface area contributed by atoms with E-state index in [2.05, 4.69) is 15.9 Å². The largest absolute Gasteiger partial charge is 0.497 e. The molecule has 0 aliphatic carbocycles. The molecule has 5 heteroatoms. The normalized spacial score (nSPS) is 12.0. The molecule has 0 N–H and O–H groups in total. The first-order valence-corrected chi connectivity index (χ1v) is 8.49. The van der Waals surface area contributed by atoms with Crippen LogP contribution in [0.4, 0.5) is 4.39 Å². The molecule has 25 heavy (non-hydrogen) atoms. The number of esters is 1. The van der Waals surface area contributed by atoms with E-state index in [1.54, 1.807) is 68.6 Å². The maximum Gasteiger partial charge on any atom is 0.341 e. The fourth-order valence-electron chi connectivity index (χ4n) is 2.14. The van der Waals surface area contributed by atoms with E-state index in [1.165, 1.54) is 6.08 Å². The topological polar surface area (TPSA) is 35.5 Å². The van der Waals surface area contributed by atoms with Gasteiger partial charge in [0.25, 0.3) is 0 Å². The van der Waals surface area contributed by atoms with E-state index in [0.29, 0.717) is 5.56 Å². The molecule has 3 nitrogen and oxygen atoms in total. The van der Waals surface area contributed by atoms with Gasteiger partial charge in [0.05, 0.1) is 13.7 Å². The van der Waals surface area contributed by atoms with E-state index in [1.807, 2.05) is 0 Å². The molecule has 0 saturated heterocycles. The Morgan fingerprint density at radius 2 is 1.76 bits per heavy atom. The third-order valence-electron chi connectivity index (χ3n) is 3.39. The van der Waals surface area contributed by atoms with Crippen molar-refractivity contribution in [2.45, 2.75) is 6.92 Å². The zero-order valence-electron chi connectivity index (χ0n) is 14.0. The second kappa shape index (κ2) is 9.18. The van der Waals surface area contributed by atoms with Crippen molar-refractivity contribution in [1.82, 2.24) is 0 Å². The number of carbonyl (C=O) groups is 1. The van der Waals surface area contributed by atoms with Crippen LogP contribution in [0.25, 0.3) is 11.6 Å². The lowest BCUT2D eigenvalue weighted by atomic mass is 10.0. The maximum absolute atomic E-state index is 14.7. The molecule has 0 fully saturated rings. The third-order valence-corrected chi connectivity index (χ3v) is 3.92. The molecule has 2 aromatic rings. The minimum atomic E-state index is -0.693. The Balaban J connectivity index is 2.36. The van der Waals surface area contributed by atoms with Gasteiger partial charge in [0.1, 0.15) is 17.1 Å². The van der Waals surface area contributed by atoms with Gasteiger partial charge >= 0.3 is 5.97 Å². The Labute approximate surface area is 154 Å². The molecule has 0 unspecified atom stereocenters. The molecular weight excluding hydrogens is 387 g/mol. The van der Waals surface area contributed by atoms with Crippen molar-refractivity contribution in [3.05, 3.63) is 76.0 Å². The summed E-state index contributed by atoms with van der Waals surface area (Å²) in [6.45, 7) is 1.86. The average molecular weight is 405 g/mol. The Bertz CT molecular complexity index is 778. The molecule has 0 bridgehead atoms. The molecule has 0 radical (unpaired) electrons. The molecule has 0 aliphatic rings. The quantitative estimate of drug-likeness (QED) is 0.366. The van der Waals surface area contributed by atoms with E-state index in [0.717, 1.165) is 15.8 Å². The Morgan fingerprint density at radius 3 is 2.32 bits per heavy atom. The highest BCUT2D eigenvalue weighted by molar-refractivity contribution is 9.10. The summed E-state index contributed by atoms with van der Waals surface area (Å²) in [5.74, 6) is -0.631. The fraction of sp³-hybridized carbons (Fsp3) is 0.150. The molecule has 2 aromatic carbocycles. The van der Waals surface area contributed by atoms with Crippen LogP contribution in [0, 0.1) is 0 Å². The predicted octanol–water partition coefficient (Wildman–Crippen LogP) is 5.41. The molecule has 130 valence electrons. The summed E-state index contributed by atoms with van der Waals surface area (Å²) in [7, 11) is 1.58. The highest BCUT2D eigenvalue weighted by Gasteiger charge is 2.18. The van der Waals surface area contributed by atoms with Gasteiger partial charge in [-0.15, -0.1) is 0 Å². The fourth-order valence-corrected chi connectivity index (χ4v) is 2.41. The predicted molar refractivity (Wildman–Crippen MR) is 101 cm³/mol. The molecule has 0 heterocycles. The molecule has 0 spiro atoms. The van der Waals surface area contributed by atoms with Crippen molar-refractivity contribution < 1.29 is 18.7 Å². The van der Waals surface area contributed by atoms with Crippen molar-refractivity contribution in [2.75, 3.05) is 13.7 Å². The average Bonchev–Trinajstić information content (AvgIpc) is 2.62. The van der Waals surface area contributed by atoms with Crippen molar-refractivity contribution in [3.8, 4) is 5.75 Å². The van der Waals surface area contributed by atoms with Crippen LogP contribution in [0.15, 0.2) is 64.9 Å². The monoisotopic (exact) mass is 404 g/mol. The van der Waals surface area contributed by atoms with Crippen molar-refractivity contribution >= 4 is 33.5 Å². The minimum Gasteiger partial charge on any atom is -0.497 e. The minimum absolute atomic E-state index is 0.0980. The van der Waals surface area contributed by atoms with E-state index >= 15 is 0 Å². The van der Waals surface area contributed by atoms with Crippen LogP contribution in [-0.2, 0) is 9.53 Å². The summed E-state index contributed by atoms with van der Waals surface area (Å²) < 4.78 is 25.6. The molecule has 0 saturated carbocycles. The maximum atomic E-state index is 14.7. The summed E-state index contributed by atoms with van der Waals surface area (Å²) in [5, 5.41) is 0. The summed E-state index contributed by atoms with van der Waals surface area (Å²) >= 11 is 3.32. The highest BCUT2D eigenvalue weighted by atomic mass is 79.9.